The van der Waals surface area contributed by atoms with Crippen LogP contribution in [0.4, 0.5) is 39.5 Å². The van der Waals surface area contributed by atoms with Gasteiger partial charge in [-0.25, -0.2) is 4.79 Å². The SMILES string of the molecule is CC(C)C(CC(F)(F)C(F)(F)C(F)(F)C(F)(F)F)OC(=O)C=CC(=O)[O-]. The molecule has 0 N–H and O–H groups in total. The van der Waals surface area contributed by atoms with E-state index in [-0.39, 0.29) is 12.2 Å². The fraction of sp³-hybridized carbons (Fsp3) is 0.692. The number of hydrogen-bond donors (Lipinski definition) is 0. The lowest BCUT2D eigenvalue weighted by atomic mass is 9.93. The van der Waals surface area contributed by atoms with Gasteiger partial charge in [0.05, 0.1) is 12.4 Å². The van der Waals surface area contributed by atoms with E-state index in [0.29, 0.717) is 0 Å². The van der Waals surface area contributed by atoms with Crippen molar-refractivity contribution in [2.45, 2.75) is 50.3 Å². The topological polar surface area (TPSA) is 66.4 Å². The molecule has 0 bridgehead atoms. The number of halogens is 9. The third-order valence-electron chi connectivity index (χ3n) is 3.03. The number of esters is 1. The van der Waals surface area contributed by atoms with Crippen LogP contribution in [0.3, 0.4) is 0 Å². The first-order valence-corrected chi connectivity index (χ1v) is 6.66. The third-order valence-corrected chi connectivity index (χ3v) is 3.03. The first-order valence-electron chi connectivity index (χ1n) is 6.66. The fourth-order valence-electron chi connectivity index (χ4n) is 1.53. The highest BCUT2D eigenvalue weighted by molar-refractivity contribution is 5.89. The van der Waals surface area contributed by atoms with Gasteiger partial charge in [-0.1, -0.05) is 13.8 Å². The fourth-order valence-corrected chi connectivity index (χ4v) is 1.53. The van der Waals surface area contributed by atoms with Crippen molar-refractivity contribution in [3.63, 3.8) is 0 Å². The van der Waals surface area contributed by atoms with Gasteiger partial charge in [-0.2, -0.15) is 39.5 Å². The Balaban J connectivity index is 5.56. The Labute approximate surface area is 140 Å². The molecule has 0 radical (unpaired) electrons. The van der Waals surface area contributed by atoms with E-state index in [1.54, 1.807) is 0 Å². The van der Waals surface area contributed by atoms with Gasteiger partial charge in [0.15, 0.2) is 0 Å². The second kappa shape index (κ2) is 7.74. The lowest BCUT2D eigenvalue weighted by Crippen LogP contribution is -2.61. The van der Waals surface area contributed by atoms with Gasteiger partial charge in [0.1, 0.15) is 6.10 Å². The number of carboxylic acids is 1. The highest BCUT2D eigenvalue weighted by Crippen LogP contribution is 2.54. The molecule has 0 amide bonds. The maximum absolute atomic E-state index is 13.6. The van der Waals surface area contributed by atoms with Crippen molar-refractivity contribution in [3.05, 3.63) is 12.2 Å². The summed E-state index contributed by atoms with van der Waals surface area (Å²) in [6.07, 6.45) is -11.3. The average Bonchev–Trinajstić information content (AvgIpc) is 2.42. The van der Waals surface area contributed by atoms with Crippen LogP contribution in [0.1, 0.15) is 20.3 Å². The molecule has 0 saturated heterocycles. The number of rotatable bonds is 8. The first kappa shape index (κ1) is 24.1. The van der Waals surface area contributed by atoms with Crippen LogP contribution in [0.15, 0.2) is 12.2 Å². The number of hydrogen-bond acceptors (Lipinski definition) is 4. The zero-order chi connectivity index (χ0) is 21.1. The van der Waals surface area contributed by atoms with Crippen LogP contribution in [0.5, 0.6) is 0 Å². The van der Waals surface area contributed by atoms with E-state index in [2.05, 4.69) is 4.74 Å². The predicted octanol–water partition coefficient (Wildman–Crippen LogP) is 2.72. The molecule has 13 heteroatoms. The van der Waals surface area contributed by atoms with Gasteiger partial charge in [-0.3, -0.25) is 0 Å². The van der Waals surface area contributed by atoms with Gasteiger partial charge >= 0.3 is 29.9 Å². The molecule has 4 nitrogen and oxygen atoms in total. The zero-order valence-corrected chi connectivity index (χ0v) is 13.1. The minimum Gasteiger partial charge on any atom is -0.545 e. The van der Waals surface area contributed by atoms with Gasteiger partial charge in [-0.15, -0.1) is 0 Å². The summed E-state index contributed by atoms with van der Waals surface area (Å²) in [6.45, 7) is 2.05. The number of alkyl halides is 9. The third kappa shape index (κ3) is 5.27. The van der Waals surface area contributed by atoms with Crippen molar-refractivity contribution in [2.75, 3.05) is 0 Å². The molecule has 26 heavy (non-hydrogen) atoms. The molecular weight excluding hydrogens is 391 g/mol. The molecular formula is C13H12F9O4-. The van der Waals surface area contributed by atoms with E-state index in [0.717, 1.165) is 13.8 Å². The number of carbonyl (C=O) groups excluding carboxylic acids is 2. The van der Waals surface area contributed by atoms with Crippen LogP contribution in [0.2, 0.25) is 0 Å². The van der Waals surface area contributed by atoms with E-state index >= 15 is 0 Å². The molecule has 1 unspecified atom stereocenters. The monoisotopic (exact) mass is 403 g/mol. The van der Waals surface area contributed by atoms with Crippen molar-refractivity contribution in [1.29, 1.82) is 0 Å². The molecule has 0 aromatic carbocycles. The van der Waals surface area contributed by atoms with Gasteiger partial charge in [0, 0.05) is 6.08 Å². The molecule has 152 valence electrons. The minimum absolute atomic E-state index is 0.101. The molecule has 0 aliphatic rings. The maximum atomic E-state index is 13.6. The molecule has 0 saturated carbocycles. The van der Waals surface area contributed by atoms with Crippen molar-refractivity contribution in [1.82, 2.24) is 0 Å². The van der Waals surface area contributed by atoms with Crippen LogP contribution in [0.25, 0.3) is 0 Å². The molecule has 1 atom stereocenters. The van der Waals surface area contributed by atoms with Gasteiger partial charge in [-0.05, 0) is 12.0 Å². The van der Waals surface area contributed by atoms with Crippen LogP contribution in [-0.4, -0.2) is 42.0 Å². The van der Waals surface area contributed by atoms with Crippen LogP contribution < -0.4 is 5.11 Å². The minimum atomic E-state index is -7.05. The first-order chi connectivity index (χ1) is 11.4. The van der Waals surface area contributed by atoms with E-state index < -0.39 is 54.3 Å². The summed E-state index contributed by atoms with van der Waals surface area (Å²) in [6, 6.07) is 0. The Morgan fingerprint density at radius 2 is 1.38 bits per heavy atom. The molecule has 0 heterocycles. The summed E-state index contributed by atoms with van der Waals surface area (Å²) >= 11 is 0. The highest BCUT2D eigenvalue weighted by Gasteiger charge is 2.81. The van der Waals surface area contributed by atoms with Crippen molar-refractivity contribution >= 4 is 11.9 Å². The standard InChI is InChI=1S/C13H13F9O4/c1-6(2)7(26-9(25)4-3-8(23)24)5-10(14,15)11(16,17)12(18,19)13(20,21)22/h3-4,6-7H,5H2,1-2H3,(H,23,24)/p-1. The molecule has 0 aliphatic heterocycles. The summed E-state index contributed by atoms with van der Waals surface area (Å²) in [7, 11) is 0. The maximum Gasteiger partial charge on any atom is 0.460 e. The quantitative estimate of drug-likeness (QED) is 0.355. The van der Waals surface area contributed by atoms with Gasteiger partial charge in [0.2, 0.25) is 0 Å². The summed E-state index contributed by atoms with van der Waals surface area (Å²) < 4.78 is 119. The molecule has 0 aromatic heterocycles. The largest absolute Gasteiger partial charge is 0.545 e. The van der Waals surface area contributed by atoms with Crippen molar-refractivity contribution < 1.29 is 58.9 Å². The second-order valence-corrected chi connectivity index (χ2v) is 5.43. The summed E-state index contributed by atoms with van der Waals surface area (Å²) in [5, 5.41) is 10.1. The second-order valence-electron chi connectivity index (χ2n) is 5.43. The number of aliphatic carboxylic acids is 1. The van der Waals surface area contributed by atoms with Crippen LogP contribution in [-0.2, 0) is 14.3 Å². The number of carboxylic acid groups (broad SMARTS) is 1. The summed E-state index contributed by atoms with van der Waals surface area (Å²) in [5.74, 6) is -24.5. The Morgan fingerprint density at radius 1 is 0.923 bits per heavy atom. The molecule has 0 fully saturated rings. The number of carbonyl (C=O) groups is 2. The summed E-state index contributed by atoms with van der Waals surface area (Å²) in [5.41, 5.74) is 0. The Bertz CT molecular complexity index is 552. The smallest absolute Gasteiger partial charge is 0.460 e. The van der Waals surface area contributed by atoms with Crippen LogP contribution in [0, 0.1) is 5.92 Å². The van der Waals surface area contributed by atoms with E-state index in [9.17, 15) is 54.2 Å². The van der Waals surface area contributed by atoms with Gasteiger partial charge < -0.3 is 14.6 Å². The highest BCUT2D eigenvalue weighted by atomic mass is 19.4. The lowest BCUT2D eigenvalue weighted by molar-refractivity contribution is -0.398. The predicted molar refractivity (Wildman–Crippen MR) is 64.4 cm³/mol. The van der Waals surface area contributed by atoms with E-state index in [1.807, 2.05) is 0 Å². The molecule has 0 aromatic rings. The number of ether oxygens (including phenoxy) is 1. The molecule has 0 aliphatic carbocycles. The van der Waals surface area contributed by atoms with Crippen molar-refractivity contribution in [2.24, 2.45) is 5.92 Å². The van der Waals surface area contributed by atoms with Crippen LogP contribution >= 0.6 is 0 Å². The normalized spacial score (nSPS) is 15.4. The summed E-state index contributed by atoms with van der Waals surface area (Å²) in [4.78, 5) is 21.3. The average molecular weight is 403 g/mol. The Kier molecular flexibility index (Phi) is 7.16. The zero-order valence-electron chi connectivity index (χ0n) is 13.1. The molecule has 0 rings (SSSR count). The van der Waals surface area contributed by atoms with Gasteiger partial charge in [0.25, 0.3) is 0 Å². The Hall–Kier alpha value is -1.95. The Morgan fingerprint density at radius 3 is 1.73 bits per heavy atom. The van der Waals surface area contributed by atoms with E-state index in [1.165, 1.54) is 0 Å². The van der Waals surface area contributed by atoms with Crippen molar-refractivity contribution in [3.8, 4) is 0 Å². The lowest BCUT2D eigenvalue weighted by Gasteiger charge is -2.35. The van der Waals surface area contributed by atoms with E-state index in [4.69, 9.17) is 0 Å². The molecule has 0 spiro atoms.